The number of hydrogen-bond acceptors (Lipinski definition) is 9. The van der Waals surface area contributed by atoms with Crippen LogP contribution in [0.4, 0.5) is 20.6 Å². The van der Waals surface area contributed by atoms with Crippen molar-refractivity contribution in [1.82, 2.24) is 10.2 Å². The molecule has 0 saturated carbocycles. The van der Waals surface area contributed by atoms with Crippen LogP contribution in [-0.2, 0) is 25.9 Å². The van der Waals surface area contributed by atoms with E-state index in [2.05, 4.69) is 16.0 Å². The van der Waals surface area contributed by atoms with Crippen LogP contribution in [-0.4, -0.2) is 64.3 Å². The predicted octanol–water partition coefficient (Wildman–Crippen LogP) is 4.96. The van der Waals surface area contributed by atoms with Crippen molar-refractivity contribution < 1.29 is 41.4 Å². The number of nitrogens with one attached hydrogen (secondary N) is 3. The standard InChI is InChI=1S/C33H37FN4O8S/c1-18(2)47(42,43)29-11-9-20(37-33(41)46-5)14-23(29)26-7-6-12-38(26)32(40)30(19-8-10-27(44-3)28(13-19)45-4)36-21-15-22-24(25(34)16-21)17-35-31(22)39/h8-11,13-16,18,26,30,36H,6-7,12,17H2,1-5H3,(H,35,39)(H,37,41)/t26?,30-/m1/s1. The summed E-state index contributed by atoms with van der Waals surface area (Å²) in [6.07, 6.45) is 0.279. The molecule has 2 aliphatic heterocycles. The molecular weight excluding hydrogens is 631 g/mol. The lowest BCUT2D eigenvalue weighted by Gasteiger charge is -2.32. The molecule has 0 bridgehead atoms. The molecule has 14 heteroatoms. The van der Waals surface area contributed by atoms with Crippen LogP contribution in [0.1, 0.15) is 65.8 Å². The number of hydrogen-bond donors (Lipinski definition) is 3. The molecule has 2 aliphatic rings. The molecule has 0 aromatic heterocycles. The third kappa shape index (κ3) is 6.55. The van der Waals surface area contributed by atoms with Crippen LogP contribution in [0.2, 0.25) is 0 Å². The Labute approximate surface area is 272 Å². The molecule has 1 unspecified atom stereocenters. The van der Waals surface area contributed by atoms with Gasteiger partial charge in [-0.1, -0.05) is 6.07 Å². The van der Waals surface area contributed by atoms with Crippen molar-refractivity contribution in [3.05, 3.63) is 76.6 Å². The number of fused-ring (bicyclic) bond motifs is 1. The van der Waals surface area contributed by atoms with Gasteiger partial charge in [-0.3, -0.25) is 14.9 Å². The Morgan fingerprint density at radius 1 is 1.00 bits per heavy atom. The van der Waals surface area contributed by atoms with Crippen molar-refractivity contribution in [2.24, 2.45) is 0 Å². The lowest BCUT2D eigenvalue weighted by molar-refractivity contribution is -0.133. The van der Waals surface area contributed by atoms with Gasteiger partial charge in [0.2, 0.25) is 5.91 Å². The Kier molecular flexibility index (Phi) is 9.61. The number of ether oxygens (including phenoxy) is 3. The van der Waals surface area contributed by atoms with Gasteiger partial charge >= 0.3 is 6.09 Å². The van der Waals surface area contributed by atoms with E-state index in [4.69, 9.17) is 14.2 Å². The predicted molar refractivity (Wildman–Crippen MR) is 172 cm³/mol. The minimum absolute atomic E-state index is 0.0509. The highest BCUT2D eigenvalue weighted by molar-refractivity contribution is 7.92. The molecule has 2 heterocycles. The second-order valence-corrected chi connectivity index (χ2v) is 14.0. The van der Waals surface area contributed by atoms with E-state index >= 15 is 4.39 Å². The fraction of sp³-hybridized carbons (Fsp3) is 0.364. The van der Waals surface area contributed by atoms with Crippen LogP contribution in [0.5, 0.6) is 11.5 Å². The van der Waals surface area contributed by atoms with Crippen molar-refractivity contribution in [1.29, 1.82) is 0 Å². The first kappa shape index (κ1) is 33.5. The molecule has 250 valence electrons. The zero-order chi connectivity index (χ0) is 34.0. The number of methoxy groups -OCH3 is 3. The number of carbonyl (C=O) groups is 3. The monoisotopic (exact) mass is 668 g/mol. The third-order valence-electron chi connectivity index (χ3n) is 8.43. The zero-order valence-electron chi connectivity index (χ0n) is 26.7. The number of amides is 3. The Bertz CT molecular complexity index is 1830. The van der Waals surface area contributed by atoms with Gasteiger partial charge in [0.1, 0.15) is 11.9 Å². The highest BCUT2D eigenvalue weighted by atomic mass is 32.2. The Morgan fingerprint density at radius 3 is 2.43 bits per heavy atom. The molecule has 2 atom stereocenters. The van der Waals surface area contributed by atoms with Crippen LogP contribution in [0.3, 0.4) is 0 Å². The maximum atomic E-state index is 15.1. The van der Waals surface area contributed by atoms with Crippen molar-refractivity contribution in [2.45, 2.75) is 55.5 Å². The average molecular weight is 669 g/mol. The second kappa shape index (κ2) is 13.5. The summed E-state index contributed by atoms with van der Waals surface area (Å²) in [5.41, 5.74) is 1.73. The maximum Gasteiger partial charge on any atom is 0.411 e. The SMILES string of the molecule is COC(=O)Nc1ccc(S(=O)(=O)C(C)C)c(C2CCCN2C(=O)[C@H](Nc2cc(F)c3c(c2)C(=O)NC3)c2ccc(OC)c(OC)c2)c1. The number of benzene rings is 3. The molecule has 3 aromatic rings. The van der Waals surface area contributed by atoms with Crippen molar-refractivity contribution in [3.63, 3.8) is 0 Å². The molecule has 3 amide bonds. The molecule has 0 radical (unpaired) electrons. The number of halogens is 1. The Morgan fingerprint density at radius 2 is 1.74 bits per heavy atom. The van der Waals surface area contributed by atoms with Gasteiger partial charge in [-0.15, -0.1) is 0 Å². The van der Waals surface area contributed by atoms with Crippen molar-refractivity contribution in [2.75, 3.05) is 38.5 Å². The minimum atomic E-state index is -3.81. The van der Waals surface area contributed by atoms with E-state index < -0.39 is 50.9 Å². The van der Waals surface area contributed by atoms with Crippen LogP contribution in [0, 0.1) is 5.82 Å². The summed E-state index contributed by atoms with van der Waals surface area (Å²) in [4.78, 5) is 40.7. The Hall–Kier alpha value is -4.85. The number of rotatable bonds is 10. The number of sulfone groups is 1. The molecule has 5 rings (SSSR count). The van der Waals surface area contributed by atoms with E-state index in [1.54, 1.807) is 43.0 Å². The highest BCUT2D eigenvalue weighted by Gasteiger charge is 2.38. The van der Waals surface area contributed by atoms with Gasteiger partial charge in [-0.05, 0) is 80.3 Å². The summed E-state index contributed by atoms with van der Waals surface area (Å²) in [7, 11) is 0.353. The molecule has 3 N–H and O–H groups in total. The summed E-state index contributed by atoms with van der Waals surface area (Å²) in [5.74, 6) is -0.659. The van der Waals surface area contributed by atoms with Gasteiger partial charge < -0.3 is 29.7 Å². The number of anilines is 2. The van der Waals surface area contributed by atoms with Gasteiger partial charge in [-0.2, -0.15) is 0 Å². The Balaban J connectivity index is 1.60. The van der Waals surface area contributed by atoms with E-state index in [0.717, 1.165) is 0 Å². The van der Waals surface area contributed by atoms with Gasteiger partial charge in [0.15, 0.2) is 21.3 Å². The first-order valence-electron chi connectivity index (χ1n) is 15.0. The lowest BCUT2D eigenvalue weighted by atomic mass is 10.00. The van der Waals surface area contributed by atoms with Crippen molar-refractivity contribution >= 4 is 39.1 Å². The third-order valence-corrected chi connectivity index (χ3v) is 10.7. The fourth-order valence-corrected chi connectivity index (χ4v) is 7.23. The summed E-state index contributed by atoms with van der Waals surface area (Å²) in [6.45, 7) is 3.51. The lowest BCUT2D eigenvalue weighted by Crippen LogP contribution is -2.38. The largest absolute Gasteiger partial charge is 0.493 e. The average Bonchev–Trinajstić information content (AvgIpc) is 3.70. The van der Waals surface area contributed by atoms with E-state index in [0.29, 0.717) is 47.7 Å². The van der Waals surface area contributed by atoms with Crippen LogP contribution in [0.15, 0.2) is 53.4 Å². The van der Waals surface area contributed by atoms with Crippen molar-refractivity contribution in [3.8, 4) is 11.5 Å². The van der Waals surface area contributed by atoms with Crippen LogP contribution < -0.4 is 25.4 Å². The molecular formula is C33H37FN4O8S. The topological polar surface area (TPSA) is 152 Å². The zero-order valence-corrected chi connectivity index (χ0v) is 27.5. The maximum absolute atomic E-state index is 15.1. The van der Waals surface area contributed by atoms with Crippen LogP contribution >= 0.6 is 0 Å². The number of likely N-dealkylation sites (tertiary alicyclic amines) is 1. The van der Waals surface area contributed by atoms with Gasteiger partial charge in [0.05, 0.1) is 37.5 Å². The van der Waals surface area contributed by atoms with Crippen LogP contribution in [0.25, 0.3) is 0 Å². The van der Waals surface area contributed by atoms with Gasteiger partial charge in [-0.25, -0.2) is 17.6 Å². The number of carbonyl (C=O) groups excluding carboxylic acids is 3. The molecule has 47 heavy (non-hydrogen) atoms. The molecule has 0 aliphatic carbocycles. The fourth-order valence-electron chi connectivity index (χ4n) is 5.94. The molecule has 0 spiro atoms. The smallest absolute Gasteiger partial charge is 0.411 e. The highest BCUT2D eigenvalue weighted by Crippen LogP contribution is 2.41. The molecule has 12 nitrogen and oxygen atoms in total. The normalized spacial score (nSPS) is 16.4. The first-order chi connectivity index (χ1) is 22.4. The minimum Gasteiger partial charge on any atom is -0.493 e. The van der Waals surface area contributed by atoms with E-state index in [-0.39, 0.29) is 28.3 Å². The molecule has 1 saturated heterocycles. The summed E-state index contributed by atoms with van der Waals surface area (Å²) in [5, 5.41) is 7.56. The first-order valence-corrected chi connectivity index (χ1v) is 16.6. The summed E-state index contributed by atoms with van der Waals surface area (Å²) in [6, 6.07) is 10.3. The van der Waals surface area contributed by atoms with E-state index in [1.807, 2.05) is 0 Å². The summed E-state index contributed by atoms with van der Waals surface area (Å²) >= 11 is 0. The second-order valence-electron chi connectivity index (χ2n) is 11.5. The quantitative estimate of drug-likeness (QED) is 0.272. The number of nitrogens with zero attached hydrogens (tertiary/aromatic N) is 1. The van der Waals surface area contributed by atoms with E-state index in [9.17, 15) is 22.8 Å². The van der Waals surface area contributed by atoms with Gasteiger partial charge in [0, 0.05) is 35.6 Å². The molecule has 3 aromatic carbocycles. The summed E-state index contributed by atoms with van der Waals surface area (Å²) < 4.78 is 57.8. The van der Waals surface area contributed by atoms with E-state index in [1.165, 1.54) is 45.6 Å². The molecule has 1 fully saturated rings. The van der Waals surface area contributed by atoms with Gasteiger partial charge in [0.25, 0.3) is 5.91 Å².